The number of carbonyl (C=O) groups is 2. The monoisotopic (exact) mass is 316 g/mol. The van der Waals surface area contributed by atoms with Crippen LogP contribution in [0.1, 0.15) is 35.4 Å². The van der Waals surface area contributed by atoms with Gasteiger partial charge in [0.1, 0.15) is 0 Å². The molecule has 0 fully saturated rings. The minimum Gasteiger partial charge on any atom is -0.348 e. The first-order chi connectivity index (χ1) is 10.5. The Kier molecular flexibility index (Phi) is 5.33. The smallest absolute Gasteiger partial charge is 0.226 e. The van der Waals surface area contributed by atoms with Crippen molar-refractivity contribution in [3.8, 4) is 0 Å². The molecule has 1 atom stereocenters. The van der Waals surface area contributed by atoms with Crippen LogP contribution in [0.5, 0.6) is 0 Å². The van der Waals surface area contributed by atoms with E-state index in [0.29, 0.717) is 0 Å². The minimum atomic E-state index is -0.289. The summed E-state index contributed by atoms with van der Waals surface area (Å²) >= 11 is 1.53. The Morgan fingerprint density at radius 3 is 2.59 bits per heavy atom. The summed E-state index contributed by atoms with van der Waals surface area (Å²) in [6, 6.07) is 9.45. The van der Waals surface area contributed by atoms with Crippen LogP contribution >= 0.6 is 11.3 Å². The van der Waals surface area contributed by atoms with E-state index in [1.54, 1.807) is 0 Å². The van der Waals surface area contributed by atoms with Crippen molar-refractivity contribution < 1.29 is 9.59 Å². The largest absolute Gasteiger partial charge is 0.348 e. The summed E-state index contributed by atoms with van der Waals surface area (Å²) in [5.41, 5.74) is 2.99. The molecule has 0 bridgehead atoms. The second kappa shape index (κ2) is 7.22. The van der Waals surface area contributed by atoms with Crippen molar-refractivity contribution >= 4 is 28.8 Å². The van der Waals surface area contributed by atoms with E-state index in [9.17, 15) is 9.59 Å². The van der Waals surface area contributed by atoms with Crippen molar-refractivity contribution in [3.63, 3.8) is 0 Å². The number of amides is 2. The van der Waals surface area contributed by atoms with Crippen LogP contribution in [-0.2, 0) is 9.59 Å². The summed E-state index contributed by atoms with van der Waals surface area (Å²) in [4.78, 5) is 24.6. The van der Waals surface area contributed by atoms with Gasteiger partial charge in [-0.2, -0.15) is 0 Å². The first kappa shape index (κ1) is 16.2. The first-order valence-corrected chi connectivity index (χ1v) is 8.01. The molecule has 2 N–H and O–H groups in total. The molecule has 2 rings (SSSR count). The lowest BCUT2D eigenvalue weighted by atomic mass is 10.1. The van der Waals surface area contributed by atoms with Gasteiger partial charge in [0, 0.05) is 17.5 Å². The molecule has 22 heavy (non-hydrogen) atoms. The number of thiophene rings is 1. The predicted octanol–water partition coefficient (Wildman–Crippen LogP) is 3.57. The average molecular weight is 316 g/mol. The molecule has 1 unspecified atom stereocenters. The van der Waals surface area contributed by atoms with Crippen molar-refractivity contribution in [3.05, 3.63) is 51.7 Å². The Morgan fingerprint density at radius 2 is 2.00 bits per heavy atom. The Balaban J connectivity index is 2.06. The highest BCUT2D eigenvalue weighted by Crippen LogP contribution is 2.23. The van der Waals surface area contributed by atoms with Crippen LogP contribution in [0.15, 0.2) is 35.7 Å². The molecule has 1 aromatic heterocycles. The van der Waals surface area contributed by atoms with E-state index >= 15 is 0 Å². The quantitative estimate of drug-likeness (QED) is 0.886. The molecule has 0 aliphatic heterocycles. The molecule has 0 radical (unpaired) electrons. The third-order valence-corrected chi connectivity index (χ3v) is 4.30. The highest BCUT2D eigenvalue weighted by Gasteiger charge is 2.18. The van der Waals surface area contributed by atoms with Crippen LogP contribution in [0.4, 0.5) is 5.69 Å². The fourth-order valence-corrected chi connectivity index (χ4v) is 3.08. The standard InChI is InChI=1S/C17H20N2O2S/c1-11-6-7-14(12(2)9-11)19-17(21)10-15(18-13(3)20)16-5-4-8-22-16/h4-9,15H,10H2,1-3H3,(H,18,20)(H,19,21). The number of hydrogen-bond donors (Lipinski definition) is 2. The molecule has 2 amide bonds. The van der Waals surface area contributed by atoms with E-state index in [2.05, 4.69) is 10.6 Å². The number of anilines is 1. The first-order valence-electron chi connectivity index (χ1n) is 7.13. The van der Waals surface area contributed by atoms with Gasteiger partial charge in [0.2, 0.25) is 11.8 Å². The van der Waals surface area contributed by atoms with Crippen molar-refractivity contribution in [2.75, 3.05) is 5.32 Å². The third-order valence-electron chi connectivity index (χ3n) is 3.31. The lowest BCUT2D eigenvalue weighted by Crippen LogP contribution is -2.29. The minimum absolute atomic E-state index is 0.112. The Bertz CT molecular complexity index is 665. The lowest BCUT2D eigenvalue weighted by molar-refractivity contribution is -0.120. The van der Waals surface area contributed by atoms with Gasteiger partial charge in [-0.25, -0.2) is 0 Å². The molecule has 0 aliphatic rings. The normalized spacial score (nSPS) is 11.8. The molecule has 1 aromatic carbocycles. The maximum absolute atomic E-state index is 12.3. The summed E-state index contributed by atoms with van der Waals surface area (Å²) in [6.07, 6.45) is 0.216. The second-order valence-corrected chi connectivity index (χ2v) is 6.32. The summed E-state index contributed by atoms with van der Waals surface area (Å²) in [5, 5.41) is 7.69. The molecule has 2 aromatic rings. The number of aryl methyl sites for hydroxylation is 2. The summed E-state index contributed by atoms with van der Waals surface area (Å²) in [5.74, 6) is -0.253. The van der Waals surface area contributed by atoms with E-state index in [-0.39, 0.29) is 24.3 Å². The molecular formula is C17H20N2O2S. The lowest BCUT2D eigenvalue weighted by Gasteiger charge is -2.17. The van der Waals surface area contributed by atoms with Crippen molar-refractivity contribution in [2.45, 2.75) is 33.2 Å². The molecule has 4 nitrogen and oxygen atoms in total. The predicted molar refractivity (Wildman–Crippen MR) is 90.0 cm³/mol. The van der Waals surface area contributed by atoms with Crippen LogP contribution in [0, 0.1) is 13.8 Å². The highest BCUT2D eigenvalue weighted by molar-refractivity contribution is 7.10. The molecule has 116 valence electrons. The van der Waals surface area contributed by atoms with Crippen molar-refractivity contribution in [1.29, 1.82) is 0 Å². The molecule has 1 heterocycles. The molecular weight excluding hydrogens is 296 g/mol. The van der Waals surface area contributed by atoms with E-state index in [0.717, 1.165) is 21.7 Å². The van der Waals surface area contributed by atoms with Gasteiger partial charge in [0.25, 0.3) is 0 Å². The number of carbonyl (C=O) groups excluding carboxylic acids is 2. The van der Waals surface area contributed by atoms with Crippen LogP contribution in [-0.4, -0.2) is 11.8 Å². The maximum Gasteiger partial charge on any atom is 0.226 e. The van der Waals surface area contributed by atoms with Crippen LogP contribution in [0.2, 0.25) is 0 Å². The van der Waals surface area contributed by atoms with Gasteiger partial charge in [-0.1, -0.05) is 23.8 Å². The van der Waals surface area contributed by atoms with E-state index in [1.807, 2.05) is 49.6 Å². The van der Waals surface area contributed by atoms with E-state index in [1.165, 1.54) is 18.3 Å². The molecule has 0 saturated carbocycles. The van der Waals surface area contributed by atoms with Gasteiger partial charge < -0.3 is 10.6 Å². The van der Waals surface area contributed by atoms with Gasteiger partial charge >= 0.3 is 0 Å². The molecule has 0 spiro atoms. The average Bonchev–Trinajstić information content (AvgIpc) is 2.95. The third kappa shape index (κ3) is 4.43. The zero-order valence-electron chi connectivity index (χ0n) is 13.0. The Hall–Kier alpha value is -2.14. The topological polar surface area (TPSA) is 58.2 Å². The summed E-state index contributed by atoms with van der Waals surface area (Å²) < 4.78 is 0. The molecule has 0 aliphatic carbocycles. The van der Waals surface area contributed by atoms with Gasteiger partial charge in [-0.05, 0) is 36.9 Å². The Morgan fingerprint density at radius 1 is 1.23 bits per heavy atom. The van der Waals surface area contributed by atoms with Gasteiger partial charge in [0.15, 0.2) is 0 Å². The van der Waals surface area contributed by atoms with E-state index in [4.69, 9.17) is 0 Å². The maximum atomic E-state index is 12.3. The summed E-state index contributed by atoms with van der Waals surface area (Å²) in [6.45, 7) is 5.44. The highest BCUT2D eigenvalue weighted by atomic mass is 32.1. The van der Waals surface area contributed by atoms with Gasteiger partial charge in [-0.3, -0.25) is 9.59 Å². The molecule has 0 saturated heterocycles. The van der Waals surface area contributed by atoms with Crippen molar-refractivity contribution in [1.82, 2.24) is 5.32 Å². The number of rotatable bonds is 5. The Labute approximate surface area is 134 Å². The fourth-order valence-electron chi connectivity index (χ4n) is 2.30. The number of benzene rings is 1. The van der Waals surface area contributed by atoms with Crippen LogP contribution in [0.25, 0.3) is 0 Å². The van der Waals surface area contributed by atoms with Gasteiger partial charge in [-0.15, -0.1) is 11.3 Å². The van der Waals surface area contributed by atoms with Gasteiger partial charge in [0.05, 0.1) is 12.5 Å². The zero-order chi connectivity index (χ0) is 16.1. The summed E-state index contributed by atoms with van der Waals surface area (Å²) in [7, 11) is 0. The second-order valence-electron chi connectivity index (χ2n) is 5.34. The molecule has 5 heteroatoms. The zero-order valence-corrected chi connectivity index (χ0v) is 13.8. The van der Waals surface area contributed by atoms with E-state index < -0.39 is 0 Å². The van der Waals surface area contributed by atoms with Crippen LogP contribution in [0.3, 0.4) is 0 Å². The SMILES string of the molecule is CC(=O)NC(CC(=O)Nc1ccc(C)cc1C)c1cccs1. The van der Waals surface area contributed by atoms with Crippen LogP contribution < -0.4 is 10.6 Å². The van der Waals surface area contributed by atoms with Crippen molar-refractivity contribution in [2.24, 2.45) is 0 Å². The fraction of sp³-hybridized carbons (Fsp3) is 0.294. The number of nitrogens with one attached hydrogen (secondary N) is 2. The number of hydrogen-bond acceptors (Lipinski definition) is 3.